The third-order valence-corrected chi connectivity index (χ3v) is 3.94. The molecule has 0 fully saturated rings. The lowest BCUT2D eigenvalue weighted by Gasteiger charge is -2.09. The number of aliphatic imine (C=N–C) groups is 2. The standard InChI is InChI=1S/C20H15N3O/c24-20-10-4-1-7-15(20)19-12-18(14-6-5-11-21-13-14)22-16-8-2-3-9-17(16)23-19/h1-11,13,24H,12H2. The van der Waals surface area contributed by atoms with Crippen LogP contribution in [0.15, 0.2) is 83.0 Å². The van der Waals surface area contributed by atoms with Crippen molar-refractivity contribution in [1.29, 1.82) is 0 Å². The lowest BCUT2D eigenvalue weighted by Crippen LogP contribution is -2.10. The van der Waals surface area contributed by atoms with Gasteiger partial charge in [-0.1, -0.05) is 30.3 Å². The van der Waals surface area contributed by atoms with Crippen LogP contribution in [-0.4, -0.2) is 21.5 Å². The number of aromatic nitrogens is 1. The van der Waals surface area contributed by atoms with Gasteiger partial charge in [0.05, 0.1) is 22.8 Å². The van der Waals surface area contributed by atoms with Crippen LogP contribution in [0.5, 0.6) is 5.75 Å². The predicted octanol–water partition coefficient (Wildman–Crippen LogP) is 4.43. The van der Waals surface area contributed by atoms with E-state index in [1.54, 1.807) is 24.5 Å². The summed E-state index contributed by atoms with van der Waals surface area (Å²) < 4.78 is 0. The van der Waals surface area contributed by atoms with Gasteiger partial charge in [-0.25, -0.2) is 0 Å². The third-order valence-electron chi connectivity index (χ3n) is 3.94. The SMILES string of the molecule is Oc1ccccc1C1=Nc2ccccc2N=C(c2cccnc2)C1. The van der Waals surface area contributed by atoms with E-state index < -0.39 is 0 Å². The average molecular weight is 313 g/mol. The van der Waals surface area contributed by atoms with Gasteiger partial charge in [0.1, 0.15) is 5.75 Å². The predicted molar refractivity (Wildman–Crippen MR) is 95.8 cm³/mol. The summed E-state index contributed by atoms with van der Waals surface area (Å²) in [5.74, 6) is 0.223. The van der Waals surface area contributed by atoms with Crippen molar-refractivity contribution in [3.05, 3.63) is 84.2 Å². The second kappa shape index (κ2) is 6.08. The number of nitrogens with zero attached hydrogens (tertiary/aromatic N) is 3. The van der Waals surface area contributed by atoms with Crippen LogP contribution < -0.4 is 0 Å². The van der Waals surface area contributed by atoms with Gasteiger partial charge in [-0.15, -0.1) is 0 Å². The first-order chi connectivity index (χ1) is 11.8. The number of phenolic OH excluding ortho intramolecular Hbond substituents is 1. The summed E-state index contributed by atoms with van der Waals surface area (Å²) in [6.07, 6.45) is 4.07. The smallest absolute Gasteiger partial charge is 0.124 e. The van der Waals surface area contributed by atoms with Gasteiger partial charge in [-0.3, -0.25) is 15.0 Å². The summed E-state index contributed by atoms with van der Waals surface area (Å²) in [7, 11) is 0. The number of fused-ring (bicyclic) bond motifs is 1. The molecule has 0 aliphatic carbocycles. The van der Waals surface area contributed by atoms with Crippen LogP contribution in [0.25, 0.3) is 0 Å². The highest BCUT2D eigenvalue weighted by molar-refractivity contribution is 6.20. The molecule has 24 heavy (non-hydrogen) atoms. The Kier molecular flexibility index (Phi) is 3.63. The summed E-state index contributed by atoms with van der Waals surface area (Å²) in [6, 6.07) is 18.9. The fourth-order valence-corrected chi connectivity index (χ4v) is 2.75. The number of hydrogen-bond donors (Lipinski definition) is 1. The molecule has 0 radical (unpaired) electrons. The molecule has 0 unspecified atom stereocenters. The highest BCUT2D eigenvalue weighted by Gasteiger charge is 2.18. The van der Waals surface area contributed by atoms with Crippen molar-refractivity contribution in [3.63, 3.8) is 0 Å². The Morgan fingerprint density at radius 2 is 1.46 bits per heavy atom. The molecule has 1 aliphatic rings. The zero-order chi connectivity index (χ0) is 16.4. The maximum absolute atomic E-state index is 10.2. The molecule has 1 aliphatic heterocycles. The van der Waals surface area contributed by atoms with Crippen molar-refractivity contribution in [1.82, 2.24) is 4.98 Å². The van der Waals surface area contributed by atoms with Crippen molar-refractivity contribution < 1.29 is 5.11 Å². The molecular weight excluding hydrogens is 298 g/mol. The van der Waals surface area contributed by atoms with E-state index in [4.69, 9.17) is 9.98 Å². The number of pyridine rings is 1. The minimum Gasteiger partial charge on any atom is -0.507 e. The molecule has 4 nitrogen and oxygen atoms in total. The molecule has 0 spiro atoms. The molecule has 116 valence electrons. The molecule has 0 amide bonds. The maximum atomic E-state index is 10.2. The highest BCUT2D eigenvalue weighted by atomic mass is 16.3. The molecule has 3 aromatic rings. The fourth-order valence-electron chi connectivity index (χ4n) is 2.75. The molecule has 2 aromatic carbocycles. The Hall–Kier alpha value is -3.27. The fraction of sp³-hybridized carbons (Fsp3) is 0.0500. The van der Waals surface area contributed by atoms with Gasteiger partial charge in [0.25, 0.3) is 0 Å². The normalized spacial score (nSPS) is 13.5. The second-order valence-corrected chi connectivity index (χ2v) is 5.54. The van der Waals surface area contributed by atoms with Crippen LogP contribution in [0.4, 0.5) is 11.4 Å². The van der Waals surface area contributed by atoms with Crippen molar-refractivity contribution in [3.8, 4) is 5.75 Å². The molecule has 0 saturated heterocycles. The Morgan fingerprint density at radius 3 is 2.17 bits per heavy atom. The van der Waals surface area contributed by atoms with Crippen LogP contribution in [0.1, 0.15) is 17.5 Å². The molecule has 1 aromatic heterocycles. The van der Waals surface area contributed by atoms with Gasteiger partial charge < -0.3 is 5.11 Å². The number of hydrogen-bond acceptors (Lipinski definition) is 4. The number of para-hydroxylation sites is 3. The summed E-state index contributed by atoms with van der Waals surface area (Å²) in [4.78, 5) is 13.8. The first kappa shape index (κ1) is 14.3. The molecular formula is C20H15N3O. The third kappa shape index (κ3) is 2.70. The van der Waals surface area contributed by atoms with E-state index in [0.717, 1.165) is 33.9 Å². The quantitative estimate of drug-likeness (QED) is 0.760. The minimum atomic E-state index is 0.223. The van der Waals surface area contributed by atoms with Gasteiger partial charge in [-0.2, -0.15) is 0 Å². The molecule has 4 rings (SSSR count). The lowest BCUT2D eigenvalue weighted by atomic mass is 10.0. The summed E-state index contributed by atoms with van der Waals surface area (Å²) in [6.45, 7) is 0. The minimum absolute atomic E-state index is 0.223. The van der Waals surface area contributed by atoms with E-state index in [1.165, 1.54) is 0 Å². The molecule has 0 saturated carbocycles. The Labute approximate surface area is 139 Å². The van der Waals surface area contributed by atoms with Crippen molar-refractivity contribution in [2.75, 3.05) is 0 Å². The van der Waals surface area contributed by atoms with Crippen LogP contribution in [0.3, 0.4) is 0 Å². The molecule has 0 bridgehead atoms. The van der Waals surface area contributed by atoms with Gasteiger partial charge in [0, 0.05) is 29.9 Å². The van der Waals surface area contributed by atoms with Crippen LogP contribution >= 0.6 is 0 Å². The molecule has 4 heteroatoms. The number of benzene rings is 2. The Balaban J connectivity index is 1.90. The van der Waals surface area contributed by atoms with Crippen LogP contribution in [0.2, 0.25) is 0 Å². The van der Waals surface area contributed by atoms with Gasteiger partial charge in [0.15, 0.2) is 0 Å². The highest BCUT2D eigenvalue weighted by Crippen LogP contribution is 2.33. The topological polar surface area (TPSA) is 57.8 Å². The van der Waals surface area contributed by atoms with Crippen LogP contribution in [0, 0.1) is 0 Å². The second-order valence-electron chi connectivity index (χ2n) is 5.54. The van der Waals surface area contributed by atoms with Gasteiger partial charge in [-0.05, 0) is 30.3 Å². The average Bonchev–Trinajstić information content (AvgIpc) is 2.82. The Bertz CT molecular complexity index is 946. The summed E-state index contributed by atoms with van der Waals surface area (Å²) >= 11 is 0. The van der Waals surface area contributed by atoms with E-state index in [9.17, 15) is 5.11 Å². The van der Waals surface area contributed by atoms with Gasteiger partial charge in [0.2, 0.25) is 0 Å². The van der Waals surface area contributed by atoms with Crippen LogP contribution in [-0.2, 0) is 0 Å². The largest absolute Gasteiger partial charge is 0.507 e. The van der Waals surface area contributed by atoms with E-state index in [2.05, 4.69) is 4.98 Å². The van der Waals surface area contributed by atoms with E-state index in [-0.39, 0.29) is 5.75 Å². The maximum Gasteiger partial charge on any atom is 0.124 e. The zero-order valence-electron chi connectivity index (χ0n) is 12.9. The molecule has 1 N–H and O–H groups in total. The van der Waals surface area contributed by atoms with Crippen molar-refractivity contribution in [2.24, 2.45) is 9.98 Å². The number of rotatable bonds is 2. The number of aromatic hydroxyl groups is 1. The summed E-state index contributed by atoms with van der Waals surface area (Å²) in [5, 5.41) is 10.2. The lowest BCUT2D eigenvalue weighted by molar-refractivity contribution is 0.474. The number of phenols is 1. The van der Waals surface area contributed by atoms with Crippen molar-refractivity contribution >= 4 is 22.8 Å². The van der Waals surface area contributed by atoms with E-state index >= 15 is 0 Å². The zero-order valence-corrected chi connectivity index (χ0v) is 12.9. The van der Waals surface area contributed by atoms with Crippen molar-refractivity contribution in [2.45, 2.75) is 6.42 Å². The first-order valence-corrected chi connectivity index (χ1v) is 7.74. The van der Waals surface area contributed by atoms with Gasteiger partial charge >= 0.3 is 0 Å². The van der Waals surface area contributed by atoms with E-state index in [1.807, 2.05) is 48.5 Å². The molecule has 2 heterocycles. The molecule has 0 atom stereocenters. The van der Waals surface area contributed by atoms with E-state index in [0.29, 0.717) is 6.42 Å². The summed E-state index contributed by atoms with van der Waals surface area (Å²) in [5.41, 5.74) is 4.98. The first-order valence-electron chi connectivity index (χ1n) is 7.74. The Morgan fingerprint density at radius 1 is 0.750 bits per heavy atom. The monoisotopic (exact) mass is 313 g/mol.